The summed E-state index contributed by atoms with van der Waals surface area (Å²) >= 11 is 0. The summed E-state index contributed by atoms with van der Waals surface area (Å²) in [6.07, 6.45) is 0.396. The number of nitrogens with zero attached hydrogens (tertiary/aromatic N) is 1. The molecule has 0 aromatic heterocycles. The Morgan fingerprint density at radius 2 is 2.32 bits per heavy atom. The van der Waals surface area contributed by atoms with E-state index in [0.717, 1.165) is 0 Å². The molecular weight excluding hydrogens is 256 g/mol. The summed E-state index contributed by atoms with van der Waals surface area (Å²) in [5.41, 5.74) is 0.484. The molecule has 1 rings (SSSR count). The van der Waals surface area contributed by atoms with Crippen LogP contribution in [0.4, 0.5) is 0 Å². The Morgan fingerprint density at radius 3 is 2.95 bits per heavy atom. The molecule has 1 N–H and O–H groups in total. The van der Waals surface area contributed by atoms with E-state index >= 15 is 0 Å². The molecule has 1 amide bonds. The van der Waals surface area contributed by atoms with Gasteiger partial charge in [-0.1, -0.05) is 12.1 Å². The number of nitrogens with one attached hydrogen (secondary N) is 1. The summed E-state index contributed by atoms with van der Waals surface area (Å²) in [5.74, 6) is -0.423. The molecule has 8 heteroatoms. The molecule has 0 aliphatic rings. The fraction of sp³-hybridized carbons (Fsp3) is 0.273. The Kier molecular flexibility index (Phi) is 5.27. The van der Waals surface area contributed by atoms with Crippen molar-refractivity contribution in [3.63, 3.8) is 0 Å². The monoisotopic (exact) mass is 268 g/mol. The topological polar surface area (TPSA) is 108 Å². The van der Waals surface area contributed by atoms with Gasteiger partial charge in [0.15, 0.2) is 0 Å². The van der Waals surface area contributed by atoms with Gasteiger partial charge in [-0.25, -0.2) is 4.79 Å². The highest BCUT2D eigenvalue weighted by molar-refractivity contribution is 5.79. The van der Waals surface area contributed by atoms with E-state index in [0.29, 0.717) is 12.0 Å². The molecule has 0 bridgehead atoms. The van der Waals surface area contributed by atoms with Gasteiger partial charge in [-0.3, -0.25) is 4.79 Å². The summed E-state index contributed by atoms with van der Waals surface area (Å²) in [6.45, 7) is 1.23. The van der Waals surface area contributed by atoms with Crippen LogP contribution < -0.4 is 10.1 Å². The van der Waals surface area contributed by atoms with E-state index in [-0.39, 0.29) is 12.4 Å². The van der Waals surface area contributed by atoms with E-state index in [4.69, 9.17) is 4.74 Å². The van der Waals surface area contributed by atoms with E-state index in [1.807, 2.05) is 0 Å². The summed E-state index contributed by atoms with van der Waals surface area (Å²) in [4.78, 5) is 35.9. The number of carbonyl (C=O) groups excluding carboxylic acids is 2. The normalized spacial score (nSPS) is 11.2. The molecule has 0 saturated carbocycles. The number of hydrogen-bond donors (Lipinski definition) is 1. The van der Waals surface area contributed by atoms with Crippen LogP contribution in [0.1, 0.15) is 12.5 Å². The minimum absolute atomic E-state index is 0.217. The number of ether oxygens (including phenoxy) is 1. The molecule has 19 heavy (non-hydrogen) atoms. The molecule has 1 aromatic rings. The lowest BCUT2D eigenvalue weighted by Gasteiger charge is -2.10. The van der Waals surface area contributed by atoms with Gasteiger partial charge in [-0.15, -0.1) is 10.1 Å². The Hall–Kier alpha value is -2.64. The van der Waals surface area contributed by atoms with Gasteiger partial charge in [0, 0.05) is 0 Å². The summed E-state index contributed by atoms with van der Waals surface area (Å²) in [7, 11) is 0. The van der Waals surface area contributed by atoms with Gasteiger partial charge in [0.1, 0.15) is 18.4 Å². The van der Waals surface area contributed by atoms with Crippen LogP contribution in [0, 0.1) is 10.1 Å². The van der Waals surface area contributed by atoms with Crippen LogP contribution >= 0.6 is 0 Å². The first kappa shape index (κ1) is 14.4. The van der Waals surface area contributed by atoms with E-state index in [1.165, 1.54) is 19.1 Å². The first-order valence-electron chi connectivity index (χ1n) is 5.30. The molecule has 1 aromatic carbocycles. The lowest BCUT2D eigenvalue weighted by molar-refractivity contribution is -0.763. The Morgan fingerprint density at radius 1 is 1.58 bits per heavy atom. The molecule has 0 aliphatic carbocycles. The molecule has 0 aliphatic heterocycles. The van der Waals surface area contributed by atoms with Crippen LogP contribution in [-0.4, -0.2) is 23.5 Å². The van der Waals surface area contributed by atoms with Crippen molar-refractivity contribution in [1.82, 2.24) is 5.32 Å². The fourth-order valence-electron chi connectivity index (χ4n) is 1.20. The van der Waals surface area contributed by atoms with Crippen LogP contribution in [0.25, 0.3) is 0 Å². The van der Waals surface area contributed by atoms with Gasteiger partial charge in [0.05, 0.1) is 0 Å². The number of benzene rings is 1. The predicted molar refractivity (Wildman–Crippen MR) is 62.5 cm³/mol. The predicted octanol–water partition coefficient (Wildman–Crippen LogP) is 0.435. The number of carbonyl (C=O) groups is 2. The number of hydrogen-bond acceptors (Lipinski definition) is 6. The van der Waals surface area contributed by atoms with Crippen molar-refractivity contribution in [3.05, 3.63) is 39.9 Å². The van der Waals surface area contributed by atoms with E-state index in [1.54, 1.807) is 12.1 Å². The van der Waals surface area contributed by atoms with E-state index < -0.39 is 17.1 Å². The summed E-state index contributed by atoms with van der Waals surface area (Å²) in [5, 5.41) is 11.4. The van der Waals surface area contributed by atoms with Crippen molar-refractivity contribution in [2.75, 3.05) is 0 Å². The summed E-state index contributed by atoms with van der Waals surface area (Å²) < 4.78 is 4.99. The third kappa shape index (κ3) is 5.02. The zero-order chi connectivity index (χ0) is 14.3. The van der Waals surface area contributed by atoms with Gasteiger partial charge >= 0.3 is 5.97 Å². The van der Waals surface area contributed by atoms with Crippen LogP contribution in [-0.2, 0) is 21.0 Å². The van der Waals surface area contributed by atoms with Gasteiger partial charge < -0.3 is 14.9 Å². The van der Waals surface area contributed by atoms with Crippen molar-refractivity contribution in [2.45, 2.75) is 19.6 Å². The highest BCUT2D eigenvalue weighted by atomic mass is 16.9. The Bertz CT molecular complexity index is 476. The average molecular weight is 268 g/mol. The van der Waals surface area contributed by atoms with Crippen molar-refractivity contribution >= 4 is 12.4 Å². The first-order valence-corrected chi connectivity index (χ1v) is 5.30. The van der Waals surface area contributed by atoms with E-state index in [2.05, 4.69) is 10.2 Å². The van der Waals surface area contributed by atoms with Crippen LogP contribution in [0.5, 0.6) is 5.75 Å². The second-order valence-electron chi connectivity index (χ2n) is 3.57. The smallest absolute Gasteiger partial charge is 0.333 e. The quantitative estimate of drug-likeness (QED) is 0.253. The molecular formula is C11H12N2O6. The molecule has 1 unspecified atom stereocenters. The molecule has 102 valence electrons. The molecule has 0 saturated heterocycles. The van der Waals surface area contributed by atoms with Crippen molar-refractivity contribution in [2.24, 2.45) is 0 Å². The maximum absolute atomic E-state index is 11.5. The van der Waals surface area contributed by atoms with Crippen LogP contribution in [0.2, 0.25) is 0 Å². The first-order chi connectivity index (χ1) is 9.02. The fourth-order valence-corrected chi connectivity index (χ4v) is 1.20. The number of esters is 1. The molecule has 0 fully saturated rings. The van der Waals surface area contributed by atoms with Crippen molar-refractivity contribution in [3.8, 4) is 5.75 Å². The van der Waals surface area contributed by atoms with Gasteiger partial charge in [0.2, 0.25) is 6.41 Å². The number of rotatable bonds is 7. The maximum atomic E-state index is 11.5. The van der Waals surface area contributed by atoms with Gasteiger partial charge in [-0.2, -0.15) is 0 Å². The molecule has 1 atom stereocenters. The third-order valence-corrected chi connectivity index (χ3v) is 2.13. The molecule has 0 spiro atoms. The van der Waals surface area contributed by atoms with Gasteiger partial charge in [-0.05, 0) is 24.6 Å². The SMILES string of the molecule is CC(NC=O)C(=O)Oc1cccc(CO[N+](=O)[O-])c1. The Labute approximate surface area is 108 Å². The highest BCUT2D eigenvalue weighted by Gasteiger charge is 2.14. The average Bonchev–Trinajstić information content (AvgIpc) is 2.37. The number of amides is 1. The molecule has 8 nitrogen and oxygen atoms in total. The minimum atomic E-state index is -0.908. The zero-order valence-corrected chi connectivity index (χ0v) is 10.1. The minimum Gasteiger partial charge on any atom is -0.425 e. The Balaban J connectivity index is 2.63. The third-order valence-electron chi connectivity index (χ3n) is 2.13. The second kappa shape index (κ2) is 6.94. The molecule has 0 heterocycles. The van der Waals surface area contributed by atoms with Crippen molar-refractivity contribution in [1.29, 1.82) is 0 Å². The maximum Gasteiger partial charge on any atom is 0.333 e. The lowest BCUT2D eigenvalue weighted by atomic mass is 10.2. The largest absolute Gasteiger partial charge is 0.425 e. The lowest BCUT2D eigenvalue weighted by Crippen LogP contribution is -2.35. The summed E-state index contributed by atoms with van der Waals surface area (Å²) in [6, 6.07) is 5.33. The zero-order valence-electron chi connectivity index (χ0n) is 10.1. The highest BCUT2D eigenvalue weighted by Crippen LogP contribution is 2.14. The standard InChI is InChI=1S/C11H12N2O6/c1-8(12-7-14)11(15)19-10-4-2-3-9(5-10)6-18-13(16)17/h2-5,7-8H,6H2,1H3,(H,12,14). The second-order valence-corrected chi connectivity index (χ2v) is 3.57. The van der Waals surface area contributed by atoms with Crippen LogP contribution in [0.3, 0.4) is 0 Å². The van der Waals surface area contributed by atoms with Crippen LogP contribution in [0.15, 0.2) is 24.3 Å². The molecule has 0 radical (unpaired) electrons. The van der Waals surface area contributed by atoms with E-state index in [9.17, 15) is 19.7 Å². The van der Waals surface area contributed by atoms with Crippen molar-refractivity contribution < 1.29 is 24.3 Å². The van der Waals surface area contributed by atoms with Gasteiger partial charge in [0.25, 0.3) is 5.09 Å².